The summed E-state index contributed by atoms with van der Waals surface area (Å²) in [5, 5.41) is 4.02. The molecule has 3 aromatic rings. The molecule has 1 fully saturated rings. The molecule has 1 aromatic heterocycles. The van der Waals surface area contributed by atoms with E-state index in [0.29, 0.717) is 17.1 Å². The number of rotatable bonds is 5. The van der Waals surface area contributed by atoms with Gasteiger partial charge in [-0.05, 0) is 73.7 Å². The third-order valence-electron chi connectivity index (χ3n) is 6.01. The number of pyridine rings is 1. The fraction of sp³-hybridized carbons (Fsp3) is 0.360. The molecule has 162 valence electrons. The molecule has 0 unspecified atom stereocenters. The Bertz CT molecular complexity index is 1100. The molecular weight excluding hydrogens is 390 g/mol. The standard InChI is InChI=1S/C25H29N3O3/c1-16-9-11-28(12-10-16)24-13-17(2)20-15-19(6-7-21(20)27-24)26-25(29)18-5-8-22(30-3)23(14-18)31-4/h5-8,13-16H,9-12H2,1-4H3,(H,26,29). The molecule has 1 aliphatic heterocycles. The smallest absolute Gasteiger partial charge is 0.255 e. The van der Waals surface area contributed by atoms with Gasteiger partial charge in [-0.2, -0.15) is 0 Å². The predicted molar refractivity (Wildman–Crippen MR) is 125 cm³/mol. The number of carbonyl (C=O) groups excluding carboxylic acids is 1. The predicted octanol–water partition coefficient (Wildman–Crippen LogP) is 5.05. The highest BCUT2D eigenvalue weighted by atomic mass is 16.5. The first-order chi connectivity index (χ1) is 15.0. The molecule has 4 rings (SSSR count). The molecule has 6 nitrogen and oxygen atoms in total. The molecule has 0 saturated carbocycles. The summed E-state index contributed by atoms with van der Waals surface area (Å²) in [4.78, 5) is 20.0. The fourth-order valence-corrected chi connectivity index (χ4v) is 4.03. The minimum absolute atomic E-state index is 0.204. The van der Waals surface area contributed by atoms with E-state index in [-0.39, 0.29) is 5.91 Å². The average Bonchev–Trinajstić information content (AvgIpc) is 2.79. The van der Waals surface area contributed by atoms with Gasteiger partial charge in [0.2, 0.25) is 0 Å². The maximum absolute atomic E-state index is 12.8. The highest BCUT2D eigenvalue weighted by Gasteiger charge is 2.18. The summed E-state index contributed by atoms with van der Waals surface area (Å²) >= 11 is 0. The van der Waals surface area contributed by atoms with Crippen LogP contribution >= 0.6 is 0 Å². The summed E-state index contributed by atoms with van der Waals surface area (Å²) in [6.07, 6.45) is 2.42. The van der Waals surface area contributed by atoms with Gasteiger partial charge in [0.15, 0.2) is 11.5 Å². The third kappa shape index (κ3) is 4.43. The van der Waals surface area contributed by atoms with Crippen molar-refractivity contribution in [3.05, 3.63) is 53.6 Å². The van der Waals surface area contributed by atoms with Crippen LogP contribution in [0.5, 0.6) is 11.5 Å². The minimum atomic E-state index is -0.204. The summed E-state index contributed by atoms with van der Waals surface area (Å²) in [6, 6.07) is 13.1. The molecule has 6 heteroatoms. The zero-order chi connectivity index (χ0) is 22.0. The second kappa shape index (κ2) is 8.84. The van der Waals surface area contributed by atoms with Crippen molar-refractivity contribution < 1.29 is 14.3 Å². The molecule has 0 spiro atoms. The van der Waals surface area contributed by atoms with Gasteiger partial charge >= 0.3 is 0 Å². The summed E-state index contributed by atoms with van der Waals surface area (Å²) in [5.74, 6) is 2.73. The molecule has 0 radical (unpaired) electrons. The van der Waals surface area contributed by atoms with Crippen LogP contribution in [0.3, 0.4) is 0 Å². The van der Waals surface area contributed by atoms with Crippen molar-refractivity contribution in [3.8, 4) is 11.5 Å². The molecule has 1 amide bonds. The zero-order valence-electron chi connectivity index (χ0n) is 18.6. The number of piperidine rings is 1. The number of ether oxygens (including phenoxy) is 2. The van der Waals surface area contributed by atoms with Gasteiger partial charge in [-0.1, -0.05) is 6.92 Å². The van der Waals surface area contributed by atoms with Crippen LogP contribution in [0.2, 0.25) is 0 Å². The number of nitrogens with zero attached hydrogens (tertiary/aromatic N) is 2. The highest BCUT2D eigenvalue weighted by molar-refractivity contribution is 6.05. The molecular formula is C25H29N3O3. The van der Waals surface area contributed by atoms with Gasteiger partial charge < -0.3 is 19.7 Å². The Balaban J connectivity index is 1.56. The maximum Gasteiger partial charge on any atom is 0.255 e. The number of amides is 1. The lowest BCUT2D eigenvalue weighted by molar-refractivity contribution is 0.102. The van der Waals surface area contributed by atoms with Crippen molar-refractivity contribution in [2.45, 2.75) is 26.7 Å². The molecule has 2 aromatic carbocycles. The molecule has 2 heterocycles. The summed E-state index contributed by atoms with van der Waals surface area (Å²) in [7, 11) is 3.12. The third-order valence-corrected chi connectivity index (χ3v) is 6.01. The number of hydrogen-bond donors (Lipinski definition) is 1. The SMILES string of the molecule is COc1ccc(C(=O)Nc2ccc3nc(N4CCC(C)CC4)cc(C)c3c2)cc1OC. The molecule has 0 bridgehead atoms. The topological polar surface area (TPSA) is 63.7 Å². The van der Waals surface area contributed by atoms with Crippen molar-refractivity contribution >= 4 is 28.3 Å². The number of aryl methyl sites for hydroxylation is 1. The van der Waals surface area contributed by atoms with Crippen molar-refractivity contribution in [1.29, 1.82) is 0 Å². The van der Waals surface area contributed by atoms with Gasteiger partial charge in [0.1, 0.15) is 5.82 Å². The van der Waals surface area contributed by atoms with Crippen LogP contribution in [-0.4, -0.2) is 38.2 Å². The van der Waals surface area contributed by atoms with E-state index in [1.807, 2.05) is 18.2 Å². The van der Waals surface area contributed by atoms with Crippen LogP contribution in [0.1, 0.15) is 35.7 Å². The Morgan fingerprint density at radius 2 is 1.77 bits per heavy atom. The molecule has 1 N–H and O–H groups in total. The second-order valence-electron chi connectivity index (χ2n) is 8.22. The lowest BCUT2D eigenvalue weighted by Gasteiger charge is -2.31. The fourth-order valence-electron chi connectivity index (χ4n) is 4.03. The Kier molecular flexibility index (Phi) is 5.98. The first kappa shape index (κ1) is 21.0. The quantitative estimate of drug-likeness (QED) is 0.627. The largest absolute Gasteiger partial charge is 0.493 e. The monoisotopic (exact) mass is 419 g/mol. The Labute approximate surface area is 183 Å². The van der Waals surface area contributed by atoms with Gasteiger partial charge in [0, 0.05) is 29.7 Å². The Morgan fingerprint density at radius 1 is 1.03 bits per heavy atom. The Hall–Kier alpha value is -3.28. The molecule has 0 aliphatic carbocycles. The number of aromatic nitrogens is 1. The number of fused-ring (bicyclic) bond motifs is 1. The zero-order valence-corrected chi connectivity index (χ0v) is 18.6. The molecule has 0 atom stereocenters. The van der Waals surface area contributed by atoms with Crippen LogP contribution in [0.25, 0.3) is 10.9 Å². The normalized spacial score (nSPS) is 14.5. The van der Waals surface area contributed by atoms with E-state index >= 15 is 0 Å². The van der Waals surface area contributed by atoms with Gasteiger partial charge in [-0.3, -0.25) is 4.79 Å². The van der Waals surface area contributed by atoms with Crippen LogP contribution in [0.4, 0.5) is 11.5 Å². The highest BCUT2D eigenvalue weighted by Crippen LogP contribution is 2.30. The van der Waals surface area contributed by atoms with Gasteiger partial charge in [0.25, 0.3) is 5.91 Å². The lowest BCUT2D eigenvalue weighted by Crippen LogP contribution is -2.33. The maximum atomic E-state index is 12.8. The van der Waals surface area contributed by atoms with Crippen molar-refractivity contribution in [1.82, 2.24) is 4.98 Å². The number of anilines is 2. The number of carbonyl (C=O) groups is 1. The number of hydrogen-bond acceptors (Lipinski definition) is 5. The first-order valence-corrected chi connectivity index (χ1v) is 10.7. The van der Waals surface area contributed by atoms with E-state index in [4.69, 9.17) is 14.5 Å². The van der Waals surface area contributed by atoms with E-state index in [1.54, 1.807) is 32.4 Å². The first-order valence-electron chi connectivity index (χ1n) is 10.7. The number of methoxy groups -OCH3 is 2. The number of benzene rings is 2. The van der Waals surface area contributed by atoms with E-state index in [2.05, 4.69) is 30.1 Å². The average molecular weight is 420 g/mol. The van der Waals surface area contributed by atoms with Crippen LogP contribution < -0.4 is 19.7 Å². The van der Waals surface area contributed by atoms with E-state index in [9.17, 15) is 4.79 Å². The van der Waals surface area contributed by atoms with Crippen LogP contribution in [0, 0.1) is 12.8 Å². The van der Waals surface area contributed by atoms with Crippen LogP contribution in [-0.2, 0) is 0 Å². The van der Waals surface area contributed by atoms with E-state index in [0.717, 1.165) is 47.0 Å². The van der Waals surface area contributed by atoms with Gasteiger partial charge in [-0.15, -0.1) is 0 Å². The minimum Gasteiger partial charge on any atom is -0.493 e. The molecule has 31 heavy (non-hydrogen) atoms. The van der Waals surface area contributed by atoms with Gasteiger partial charge in [-0.25, -0.2) is 4.98 Å². The molecule has 1 saturated heterocycles. The number of nitrogens with one attached hydrogen (secondary N) is 1. The second-order valence-corrected chi connectivity index (χ2v) is 8.22. The van der Waals surface area contributed by atoms with Crippen molar-refractivity contribution in [2.75, 3.05) is 37.5 Å². The van der Waals surface area contributed by atoms with Crippen molar-refractivity contribution in [3.63, 3.8) is 0 Å². The lowest BCUT2D eigenvalue weighted by atomic mass is 9.99. The summed E-state index contributed by atoms with van der Waals surface area (Å²) < 4.78 is 10.5. The van der Waals surface area contributed by atoms with E-state index in [1.165, 1.54) is 12.8 Å². The summed E-state index contributed by atoms with van der Waals surface area (Å²) in [6.45, 7) is 6.52. The van der Waals surface area contributed by atoms with Crippen LogP contribution in [0.15, 0.2) is 42.5 Å². The summed E-state index contributed by atoms with van der Waals surface area (Å²) in [5.41, 5.74) is 3.33. The van der Waals surface area contributed by atoms with E-state index < -0.39 is 0 Å². The van der Waals surface area contributed by atoms with Crippen molar-refractivity contribution in [2.24, 2.45) is 5.92 Å². The van der Waals surface area contributed by atoms with Gasteiger partial charge in [0.05, 0.1) is 19.7 Å². The Morgan fingerprint density at radius 3 is 2.48 bits per heavy atom. The molecule has 1 aliphatic rings.